The van der Waals surface area contributed by atoms with Crippen LogP contribution in [0.15, 0.2) is 103 Å². The van der Waals surface area contributed by atoms with Crippen molar-refractivity contribution in [2.24, 2.45) is 29.1 Å². The molecule has 2 heterocycles. The molecule has 11 heteroatoms. The number of aromatic hydroxyl groups is 1. The average Bonchev–Trinajstić information content (AvgIpc) is 3.47. The summed E-state index contributed by atoms with van der Waals surface area (Å²) in [6, 6.07) is 24.0. The fourth-order valence-corrected chi connectivity index (χ4v) is 8.78. The Balaban J connectivity index is 1.18. The molecule has 2 N–H and O–H groups in total. The average molecular weight is 694 g/mol. The number of rotatable bonds is 5. The van der Waals surface area contributed by atoms with E-state index in [1.165, 1.54) is 29.2 Å². The van der Waals surface area contributed by atoms with E-state index in [1.807, 2.05) is 36.4 Å². The lowest BCUT2D eigenvalue weighted by Crippen LogP contribution is -2.48. The maximum absolute atomic E-state index is 15.0. The van der Waals surface area contributed by atoms with Gasteiger partial charge < -0.3 is 10.4 Å². The highest BCUT2D eigenvalue weighted by Crippen LogP contribution is 2.64. The van der Waals surface area contributed by atoms with Crippen LogP contribution in [-0.2, 0) is 19.2 Å². The minimum absolute atomic E-state index is 0.0867. The molecule has 0 unspecified atom stereocenters. The van der Waals surface area contributed by atoms with Gasteiger partial charge in [0, 0.05) is 17.3 Å². The van der Waals surface area contributed by atoms with Crippen molar-refractivity contribution in [3.63, 3.8) is 0 Å². The molecule has 2 aliphatic carbocycles. The summed E-state index contributed by atoms with van der Waals surface area (Å²) in [6.45, 7) is 1.65. The molecule has 4 aromatic rings. The Morgan fingerprint density at radius 3 is 2.18 bits per heavy atom. The number of benzene rings is 4. The summed E-state index contributed by atoms with van der Waals surface area (Å²) >= 11 is 6.06. The SMILES string of the molecule is C[C@@]12C(=O)N(c3ccc(F)c(Cl)c3)C(=O)[C@@H]1C[C@@H]1C(=CC[C@@H]3C(=O)N(c4ccc(Nc5ccccc5)cc4)C(=O)[C@@H]31)[C@@H]2c1ccc(O)c(F)c1. The van der Waals surface area contributed by atoms with Gasteiger partial charge in [-0.3, -0.25) is 24.1 Å². The Morgan fingerprint density at radius 2 is 1.48 bits per heavy atom. The Morgan fingerprint density at radius 1 is 0.780 bits per heavy atom. The Kier molecular flexibility index (Phi) is 7.41. The Hall–Kier alpha value is -5.35. The van der Waals surface area contributed by atoms with Gasteiger partial charge in [-0.05, 0) is 98.0 Å². The van der Waals surface area contributed by atoms with Crippen LogP contribution in [0.5, 0.6) is 5.75 Å². The maximum atomic E-state index is 15.0. The van der Waals surface area contributed by atoms with Crippen LogP contribution in [-0.4, -0.2) is 28.7 Å². The van der Waals surface area contributed by atoms with Gasteiger partial charge in [-0.1, -0.05) is 47.5 Å². The highest BCUT2D eigenvalue weighted by atomic mass is 35.5. The van der Waals surface area contributed by atoms with Gasteiger partial charge in [0.15, 0.2) is 11.6 Å². The molecule has 8 rings (SSSR count). The predicted molar refractivity (Wildman–Crippen MR) is 183 cm³/mol. The molecule has 3 fully saturated rings. The van der Waals surface area contributed by atoms with Crippen molar-refractivity contribution in [2.45, 2.75) is 25.7 Å². The second-order valence-corrected chi connectivity index (χ2v) is 13.9. The first-order chi connectivity index (χ1) is 24.0. The van der Waals surface area contributed by atoms with Crippen LogP contribution in [0.25, 0.3) is 0 Å². The topological polar surface area (TPSA) is 107 Å². The van der Waals surface area contributed by atoms with Crippen molar-refractivity contribution in [1.29, 1.82) is 0 Å². The third-order valence-corrected chi connectivity index (χ3v) is 11.2. The van der Waals surface area contributed by atoms with Crippen molar-refractivity contribution in [3.05, 3.63) is 125 Å². The zero-order valence-corrected chi connectivity index (χ0v) is 27.4. The molecular weight excluding hydrogens is 664 g/mol. The quantitative estimate of drug-likeness (QED) is 0.166. The summed E-state index contributed by atoms with van der Waals surface area (Å²) in [5.74, 6) is -8.06. The van der Waals surface area contributed by atoms with E-state index in [4.69, 9.17) is 11.6 Å². The third kappa shape index (κ3) is 4.69. The molecule has 2 aliphatic heterocycles. The number of allylic oxidation sites excluding steroid dienone is 2. The zero-order valence-electron chi connectivity index (χ0n) is 26.6. The van der Waals surface area contributed by atoms with Crippen molar-refractivity contribution in [1.82, 2.24) is 0 Å². The number of amides is 4. The van der Waals surface area contributed by atoms with Gasteiger partial charge in [0.05, 0.1) is 39.6 Å². The number of carbonyl (C=O) groups excluding carboxylic acids is 4. The number of nitrogens with zero attached hydrogens (tertiary/aromatic N) is 2. The van der Waals surface area contributed by atoms with Gasteiger partial charge in [0.2, 0.25) is 23.6 Å². The number of para-hydroxylation sites is 1. The summed E-state index contributed by atoms with van der Waals surface area (Å²) < 4.78 is 29.1. The number of hydrogen-bond donors (Lipinski definition) is 2. The van der Waals surface area contributed by atoms with Gasteiger partial charge in [0.1, 0.15) is 5.82 Å². The predicted octanol–water partition coefficient (Wildman–Crippen LogP) is 7.50. The molecule has 252 valence electrons. The number of nitrogens with one attached hydrogen (secondary N) is 1. The van der Waals surface area contributed by atoms with Gasteiger partial charge in [-0.15, -0.1) is 0 Å². The number of hydrogen-bond acceptors (Lipinski definition) is 6. The molecule has 2 saturated heterocycles. The maximum Gasteiger partial charge on any atom is 0.241 e. The van der Waals surface area contributed by atoms with Crippen LogP contribution in [0.3, 0.4) is 0 Å². The zero-order chi connectivity index (χ0) is 35.1. The number of halogens is 3. The summed E-state index contributed by atoms with van der Waals surface area (Å²) in [5, 5.41) is 13.0. The molecule has 4 aromatic carbocycles. The second-order valence-electron chi connectivity index (χ2n) is 13.5. The first kappa shape index (κ1) is 31.9. The van der Waals surface area contributed by atoms with Gasteiger partial charge >= 0.3 is 0 Å². The molecular formula is C39H30ClF2N3O5. The van der Waals surface area contributed by atoms with E-state index in [1.54, 1.807) is 31.2 Å². The van der Waals surface area contributed by atoms with Gasteiger partial charge in [-0.25, -0.2) is 13.7 Å². The smallest absolute Gasteiger partial charge is 0.241 e. The fourth-order valence-electron chi connectivity index (χ4n) is 8.60. The van der Waals surface area contributed by atoms with Crippen LogP contribution in [0.2, 0.25) is 5.02 Å². The van der Waals surface area contributed by atoms with Crippen LogP contribution in [0.1, 0.15) is 31.2 Å². The lowest BCUT2D eigenvalue weighted by molar-refractivity contribution is -0.131. The summed E-state index contributed by atoms with van der Waals surface area (Å²) in [4.78, 5) is 59.2. The largest absolute Gasteiger partial charge is 0.505 e. The third-order valence-electron chi connectivity index (χ3n) is 10.9. The second kappa shape index (κ2) is 11.6. The highest BCUT2D eigenvalue weighted by Gasteiger charge is 2.67. The van der Waals surface area contributed by atoms with E-state index in [0.717, 1.165) is 28.4 Å². The molecule has 0 aromatic heterocycles. The van der Waals surface area contributed by atoms with Crippen molar-refractivity contribution in [3.8, 4) is 5.75 Å². The first-order valence-corrected chi connectivity index (χ1v) is 16.7. The molecule has 0 bridgehead atoms. The Bertz CT molecular complexity index is 2140. The van der Waals surface area contributed by atoms with Gasteiger partial charge in [-0.2, -0.15) is 0 Å². The van der Waals surface area contributed by atoms with Crippen molar-refractivity contribution < 1.29 is 33.1 Å². The Labute approximate surface area is 291 Å². The molecule has 0 radical (unpaired) electrons. The van der Waals surface area contributed by atoms with Crippen molar-refractivity contribution >= 4 is 58.0 Å². The molecule has 6 atom stereocenters. The standard InChI is InChI=1S/C39H30ClF2N3O5/c1-39-28(36(48)45(38(39)50)24-12-15-30(41)29(40)18-24)19-27-25(34(39)20-7-16-32(46)31(42)17-20)13-14-26-33(27)37(49)44(35(26)47)23-10-8-22(9-11-23)43-21-5-3-2-4-6-21/h2-13,15-18,26-28,33-34,43,46H,14,19H2,1H3/t26-,27+,28-,33-,34-,39+/m0/s1. The van der Waals surface area contributed by atoms with E-state index < -0.39 is 70.1 Å². The molecule has 50 heavy (non-hydrogen) atoms. The number of fused-ring (bicyclic) bond motifs is 4. The summed E-state index contributed by atoms with van der Waals surface area (Å²) in [7, 11) is 0. The summed E-state index contributed by atoms with van der Waals surface area (Å²) in [6.07, 6.45) is 2.16. The number of carbonyl (C=O) groups is 4. The van der Waals surface area contributed by atoms with Crippen LogP contribution >= 0.6 is 11.6 Å². The van der Waals surface area contributed by atoms with Crippen LogP contribution in [0.4, 0.5) is 31.5 Å². The molecule has 1 saturated carbocycles. The number of imide groups is 2. The molecule has 4 amide bonds. The fraction of sp³-hybridized carbons (Fsp3) is 0.231. The lowest BCUT2D eigenvalue weighted by Gasteiger charge is -2.49. The molecule has 0 spiro atoms. The van der Waals surface area contributed by atoms with Crippen LogP contribution in [0, 0.1) is 40.7 Å². The van der Waals surface area contributed by atoms with Gasteiger partial charge in [0.25, 0.3) is 0 Å². The van der Waals surface area contributed by atoms with E-state index in [2.05, 4.69) is 5.32 Å². The van der Waals surface area contributed by atoms with Crippen LogP contribution < -0.4 is 15.1 Å². The first-order valence-electron chi connectivity index (χ1n) is 16.3. The monoisotopic (exact) mass is 693 g/mol. The minimum Gasteiger partial charge on any atom is -0.505 e. The highest BCUT2D eigenvalue weighted by molar-refractivity contribution is 6.32. The number of anilines is 4. The molecule has 8 nitrogen and oxygen atoms in total. The van der Waals surface area contributed by atoms with E-state index >= 15 is 0 Å². The van der Waals surface area contributed by atoms with E-state index in [0.29, 0.717) is 16.8 Å². The number of phenolic OH excluding ortho intramolecular Hbond substituents is 1. The van der Waals surface area contributed by atoms with E-state index in [9.17, 15) is 33.1 Å². The van der Waals surface area contributed by atoms with Crippen molar-refractivity contribution in [2.75, 3.05) is 15.1 Å². The summed E-state index contributed by atoms with van der Waals surface area (Å²) in [5.41, 5.74) is 1.73. The normalized spacial score (nSPS) is 27.2. The minimum atomic E-state index is -1.44. The van der Waals surface area contributed by atoms with E-state index in [-0.39, 0.29) is 29.5 Å². The lowest BCUT2D eigenvalue weighted by atomic mass is 9.51. The molecule has 4 aliphatic rings. The number of phenols is 1.